The first-order valence-corrected chi connectivity index (χ1v) is 5.25. The van der Waals surface area contributed by atoms with E-state index in [1.807, 2.05) is 6.92 Å². The number of halogens is 1. The van der Waals surface area contributed by atoms with Crippen LogP contribution in [-0.2, 0) is 0 Å². The van der Waals surface area contributed by atoms with Gasteiger partial charge in [0.2, 0.25) is 0 Å². The lowest BCUT2D eigenvalue weighted by Gasteiger charge is -2.11. The molecular weight excluding hydrogens is 207 g/mol. The van der Waals surface area contributed by atoms with Crippen molar-refractivity contribution < 1.29 is 9.13 Å². The Labute approximate surface area is 95.1 Å². The van der Waals surface area contributed by atoms with Crippen molar-refractivity contribution in [2.45, 2.75) is 13.3 Å². The van der Waals surface area contributed by atoms with Crippen LogP contribution in [0, 0.1) is 5.82 Å². The highest BCUT2D eigenvalue weighted by Crippen LogP contribution is 2.28. The SMILES string of the molecule is C=CCNc1cc(OCCC)c(F)cc1N. The van der Waals surface area contributed by atoms with E-state index >= 15 is 0 Å². The molecule has 3 N–H and O–H groups in total. The second-order valence-corrected chi connectivity index (χ2v) is 3.39. The van der Waals surface area contributed by atoms with Gasteiger partial charge in [0.05, 0.1) is 18.0 Å². The maximum Gasteiger partial charge on any atom is 0.167 e. The van der Waals surface area contributed by atoms with Gasteiger partial charge in [0.15, 0.2) is 11.6 Å². The number of hydrogen-bond donors (Lipinski definition) is 2. The fraction of sp³-hybridized carbons (Fsp3) is 0.333. The zero-order chi connectivity index (χ0) is 12.0. The normalized spacial score (nSPS) is 9.88. The number of anilines is 2. The van der Waals surface area contributed by atoms with E-state index in [2.05, 4.69) is 11.9 Å². The predicted molar refractivity (Wildman–Crippen MR) is 65.3 cm³/mol. The molecule has 16 heavy (non-hydrogen) atoms. The molecule has 0 saturated heterocycles. The molecule has 0 amide bonds. The van der Waals surface area contributed by atoms with Crippen molar-refractivity contribution >= 4 is 11.4 Å². The van der Waals surface area contributed by atoms with Crippen LogP contribution in [0.4, 0.5) is 15.8 Å². The summed E-state index contributed by atoms with van der Waals surface area (Å²) >= 11 is 0. The average molecular weight is 224 g/mol. The molecule has 0 bridgehead atoms. The van der Waals surface area contributed by atoms with Gasteiger partial charge in [-0.3, -0.25) is 0 Å². The molecule has 0 saturated carbocycles. The summed E-state index contributed by atoms with van der Waals surface area (Å²) in [5, 5.41) is 3.02. The lowest BCUT2D eigenvalue weighted by Crippen LogP contribution is -2.04. The number of benzene rings is 1. The Morgan fingerprint density at radius 3 is 2.94 bits per heavy atom. The van der Waals surface area contributed by atoms with Gasteiger partial charge in [0, 0.05) is 18.7 Å². The van der Waals surface area contributed by atoms with Gasteiger partial charge in [0.25, 0.3) is 0 Å². The summed E-state index contributed by atoms with van der Waals surface area (Å²) in [6.45, 7) is 6.61. The lowest BCUT2D eigenvalue weighted by molar-refractivity contribution is 0.301. The van der Waals surface area contributed by atoms with Gasteiger partial charge in [-0.15, -0.1) is 6.58 Å². The Kier molecular flexibility index (Phi) is 4.64. The molecule has 4 heteroatoms. The fourth-order valence-corrected chi connectivity index (χ4v) is 1.23. The number of nitrogens with two attached hydrogens (primary N) is 1. The van der Waals surface area contributed by atoms with E-state index in [-0.39, 0.29) is 5.75 Å². The third-order valence-corrected chi connectivity index (χ3v) is 2.00. The molecule has 1 aromatic rings. The van der Waals surface area contributed by atoms with Crippen LogP contribution in [0.1, 0.15) is 13.3 Å². The predicted octanol–water partition coefficient (Wildman–Crippen LogP) is 2.79. The molecule has 0 unspecified atom stereocenters. The van der Waals surface area contributed by atoms with E-state index in [0.717, 1.165) is 6.42 Å². The first-order chi connectivity index (χ1) is 7.69. The van der Waals surface area contributed by atoms with Crippen molar-refractivity contribution in [2.24, 2.45) is 0 Å². The largest absolute Gasteiger partial charge is 0.490 e. The van der Waals surface area contributed by atoms with Gasteiger partial charge in [-0.25, -0.2) is 4.39 Å². The maximum absolute atomic E-state index is 13.4. The zero-order valence-corrected chi connectivity index (χ0v) is 9.42. The fourth-order valence-electron chi connectivity index (χ4n) is 1.23. The summed E-state index contributed by atoms with van der Waals surface area (Å²) in [4.78, 5) is 0. The monoisotopic (exact) mass is 224 g/mol. The number of ether oxygens (including phenoxy) is 1. The van der Waals surface area contributed by atoms with Gasteiger partial charge in [0.1, 0.15) is 0 Å². The van der Waals surface area contributed by atoms with Gasteiger partial charge in [-0.1, -0.05) is 13.0 Å². The van der Waals surface area contributed by atoms with Crippen molar-refractivity contribution in [1.82, 2.24) is 0 Å². The van der Waals surface area contributed by atoms with Crippen LogP contribution < -0.4 is 15.8 Å². The van der Waals surface area contributed by atoms with Crippen LogP contribution in [0.5, 0.6) is 5.75 Å². The van der Waals surface area contributed by atoms with E-state index in [4.69, 9.17) is 10.5 Å². The molecule has 0 heterocycles. The molecule has 3 nitrogen and oxygen atoms in total. The molecule has 0 atom stereocenters. The molecule has 0 aliphatic heterocycles. The first kappa shape index (κ1) is 12.4. The molecule has 0 aromatic heterocycles. The highest BCUT2D eigenvalue weighted by Gasteiger charge is 2.08. The van der Waals surface area contributed by atoms with E-state index in [0.29, 0.717) is 24.5 Å². The molecule has 0 aliphatic rings. The Hall–Kier alpha value is -1.71. The quantitative estimate of drug-likeness (QED) is 0.577. The first-order valence-electron chi connectivity index (χ1n) is 5.25. The third-order valence-electron chi connectivity index (χ3n) is 2.00. The standard InChI is InChI=1S/C12H17FN2O/c1-3-5-15-11-8-12(16-6-4-2)9(13)7-10(11)14/h3,7-8,15H,1,4-6,14H2,2H3. The summed E-state index contributed by atoms with van der Waals surface area (Å²) in [5.74, 6) is -0.210. The van der Waals surface area contributed by atoms with Gasteiger partial charge in [-0.2, -0.15) is 0 Å². The Morgan fingerprint density at radius 2 is 2.31 bits per heavy atom. The highest BCUT2D eigenvalue weighted by molar-refractivity contribution is 5.68. The number of rotatable bonds is 6. The minimum absolute atomic E-state index is 0.225. The van der Waals surface area contributed by atoms with E-state index < -0.39 is 5.82 Å². The van der Waals surface area contributed by atoms with Gasteiger partial charge < -0.3 is 15.8 Å². The van der Waals surface area contributed by atoms with Crippen LogP contribution >= 0.6 is 0 Å². The van der Waals surface area contributed by atoms with Crippen LogP contribution in [-0.4, -0.2) is 13.2 Å². The van der Waals surface area contributed by atoms with E-state index in [9.17, 15) is 4.39 Å². The van der Waals surface area contributed by atoms with Crippen LogP contribution in [0.3, 0.4) is 0 Å². The van der Waals surface area contributed by atoms with E-state index in [1.165, 1.54) is 6.07 Å². The summed E-state index contributed by atoms with van der Waals surface area (Å²) < 4.78 is 18.7. The van der Waals surface area contributed by atoms with Crippen LogP contribution in [0.2, 0.25) is 0 Å². The second-order valence-electron chi connectivity index (χ2n) is 3.39. The summed E-state index contributed by atoms with van der Waals surface area (Å²) in [6.07, 6.45) is 2.54. The molecule has 0 aliphatic carbocycles. The average Bonchev–Trinajstić information content (AvgIpc) is 2.26. The zero-order valence-electron chi connectivity index (χ0n) is 9.42. The molecule has 0 radical (unpaired) electrons. The molecule has 1 rings (SSSR count). The maximum atomic E-state index is 13.4. The number of nitrogens with one attached hydrogen (secondary N) is 1. The van der Waals surface area contributed by atoms with Gasteiger partial charge >= 0.3 is 0 Å². The second kappa shape index (κ2) is 6.00. The topological polar surface area (TPSA) is 47.3 Å². The summed E-state index contributed by atoms with van der Waals surface area (Å²) in [7, 11) is 0. The van der Waals surface area contributed by atoms with E-state index in [1.54, 1.807) is 12.1 Å². The van der Waals surface area contributed by atoms with Crippen molar-refractivity contribution in [2.75, 3.05) is 24.2 Å². The molecule has 0 fully saturated rings. The lowest BCUT2D eigenvalue weighted by atomic mass is 10.2. The Balaban J connectivity index is 2.87. The minimum Gasteiger partial charge on any atom is -0.490 e. The van der Waals surface area contributed by atoms with Crippen molar-refractivity contribution in [3.05, 3.63) is 30.6 Å². The van der Waals surface area contributed by atoms with Crippen molar-refractivity contribution in [3.63, 3.8) is 0 Å². The Bertz CT molecular complexity index is 366. The van der Waals surface area contributed by atoms with Crippen molar-refractivity contribution in [3.8, 4) is 5.75 Å². The van der Waals surface area contributed by atoms with Gasteiger partial charge in [-0.05, 0) is 6.42 Å². The minimum atomic E-state index is -0.435. The van der Waals surface area contributed by atoms with Crippen LogP contribution in [0.25, 0.3) is 0 Å². The van der Waals surface area contributed by atoms with Crippen LogP contribution in [0.15, 0.2) is 24.8 Å². The Morgan fingerprint density at radius 1 is 1.56 bits per heavy atom. The third kappa shape index (κ3) is 3.15. The molecule has 1 aromatic carbocycles. The van der Waals surface area contributed by atoms with Crippen molar-refractivity contribution in [1.29, 1.82) is 0 Å². The number of hydrogen-bond acceptors (Lipinski definition) is 3. The molecule has 0 spiro atoms. The summed E-state index contributed by atoms with van der Waals surface area (Å²) in [5.41, 5.74) is 6.69. The molecular formula is C12H17FN2O. The summed E-state index contributed by atoms with van der Waals surface area (Å²) in [6, 6.07) is 2.83. The highest BCUT2D eigenvalue weighted by atomic mass is 19.1. The number of nitrogen functional groups attached to an aromatic ring is 1. The smallest absolute Gasteiger partial charge is 0.167 e. The molecule has 88 valence electrons.